The SMILES string of the molecule is CCCCCCCCCCCCCCOC(=O)c1cccc(C(=O)OCC(CC)CC)n1. The van der Waals surface area contributed by atoms with Gasteiger partial charge in [0.2, 0.25) is 0 Å². The first-order chi connectivity index (χ1) is 15.6. The number of pyridine rings is 1. The first-order valence-electron chi connectivity index (χ1n) is 12.9. The highest BCUT2D eigenvalue weighted by atomic mass is 16.5. The zero-order valence-electron chi connectivity index (χ0n) is 20.7. The Morgan fingerprint density at radius 1 is 0.719 bits per heavy atom. The lowest BCUT2D eigenvalue weighted by Gasteiger charge is -2.12. The maximum absolute atomic E-state index is 12.2. The van der Waals surface area contributed by atoms with Crippen LogP contribution in [-0.4, -0.2) is 30.1 Å². The van der Waals surface area contributed by atoms with Crippen molar-refractivity contribution in [3.8, 4) is 0 Å². The molecule has 0 aromatic carbocycles. The standard InChI is InChI=1S/C27H45NO4/c1-4-7-8-9-10-11-12-13-14-15-16-17-21-31-26(29)24-19-18-20-25(28-24)27(30)32-22-23(5-2)6-3/h18-20,23H,4-17,21-22H2,1-3H3. The van der Waals surface area contributed by atoms with Crippen LogP contribution in [-0.2, 0) is 9.47 Å². The van der Waals surface area contributed by atoms with Crippen molar-refractivity contribution in [2.24, 2.45) is 5.92 Å². The van der Waals surface area contributed by atoms with Crippen molar-refractivity contribution >= 4 is 11.9 Å². The van der Waals surface area contributed by atoms with Gasteiger partial charge in [0.25, 0.3) is 0 Å². The lowest BCUT2D eigenvalue weighted by atomic mass is 10.1. The highest BCUT2D eigenvalue weighted by Gasteiger charge is 2.15. The Morgan fingerprint density at radius 3 is 1.69 bits per heavy atom. The number of carbonyl (C=O) groups excluding carboxylic acids is 2. The monoisotopic (exact) mass is 447 g/mol. The van der Waals surface area contributed by atoms with Crippen molar-refractivity contribution in [1.82, 2.24) is 4.98 Å². The fourth-order valence-corrected chi connectivity index (χ4v) is 3.64. The van der Waals surface area contributed by atoms with Gasteiger partial charge in [-0.1, -0.05) is 110 Å². The summed E-state index contributed by atoms with van der Waals surface area (Å²) >= 11 is 0. The minimum atomic E-state index is -0.493. The van der Waals surface area contributed by atoms with Gasteiger partial charge in [-0.2, -0.15) is 0 Å². The molecule has 0 aliphatic carbocycles. The van der Waals surface area contributed by atoms with Gasteiger partial charge in [0.05, 0.1) is 13.2 Å². The van der Waals surface area contributed by atoms with Crippen LogP contribution in [0, 0.1) is 5.92 Å². The summed E-state index contributed by atoms with van der Waals surface area (Å²) < 4.78 is 10.7. The minimum Gasteiger partial charge on any atom is -0.461 e. The molecule has 1 heterocycles. The molecule has 0 fully saturated rings. The van der Waals surface area contributed by atoms with E-state index < -0.39 is 11.9 Å². The summed E-state index contributed by atoms with van der Waals surface area (Å²) in [4.78, 5) is 28.6. The van der Waals surface area contributed by atoms with E-state index in [9.17, 15) is 9.59 Å². The lowest BCUT2D eigenvalue weighted by molar-refractivity contribution is 0.0425. The summed E-state index contributed by atoms with van der Waals surface area (Å²) in [6, 6.07) is 4.78. The number of esters is 2. The summed E-state index contributed by atoms with van der Waals surface area (Å²) in [5.41, 5.74) is 0.302. The number of carbonyl (C=O) groups is 2. The number of aromatic nitrogens is 1. The van der Waals surface area contributed by atoms with Crippen molar-refractivity contribution in [2.45, 2.75) is 111 Å². The van der Waals surface area contributed by atoms with Crippen LogP contribution in [0.5, 0.6) is 0 Å². The maximum atomic E-state index is 12.2. The molecule has 0 saturated heterocycles. The van der Waals surface area contributed by atoms with Crippen LogP contribution in [0.15, 0.2) is 18.2 Å². The Balaban J connectivity index is 2.15. The zero-order chi connectivity index (χ0) is 23.4. The number of ether oxygens (including phenoxy) is 2. The molecular formula is C27H45NO4. The summed E-state index contributed by atoms with van der Waals surface area (Å²) in [6.07, 6.45) is 17.1. The van der Waals surface area contributed by atoms with Crippen molar-refractivity contribution in [1.29, 1.82) is 0 Å². The molecule has 0 spiro atoms. The molecule has 182 valence electrons. The fraction of sp³-hybridized carbons (Fsp3) is 0.741. The number of unbranched alkanes of at least 4 members (excludes halogenated alkanes) is 11. The second-order valence-electron chi connectivity index (χ2n) is 8.71. The molecule has 1 aromatic rings. The Hall–Kier alpha value is -1.91. The highest BCUT2D eigenvalue weighted by Crippen LogP contribution is 2.13. The van der Waals surface area contributed by atoms with E-state index in [2.05, 4.69) is 25.8 Å². The third-order valence-corrected chi connectivity index (χ3v) is 6.00. The van der Waals surface area contributed by atoms with Crippen molar-refractivity contribution in [2.75, 3.05) is 13.2 Å². The molecular weight excluding hydrogens is 402 g/mol. The summed E-state index contributed by atoms with van der Waals surface area (Å²) in [5.74, 6) is -0.627. The van der Waals surface area contributed by atoms with E-state index in [4.69, 9.17) is 9.47 Å². The zero-order valence-corrected chi connectivity index (χ0v) is 20.7. The number of hydrogen-bond donors (Lipinski definition) is 0. The second-order valence-corrected chi connectivity index (χ2v) is 8.71. The van der Waals surface area contributed by atoms with Gasteiger partial charge in [0.1, 0.15) is 11.4 Å². The van der Waals surface area contributed by atoms with Gasteiger partial charge in [-0.25, -0.2) is 14.6 Å². The Bertz CT molecular complexity index is 628. The molecule has 5 heteroatoms. The number of nitrogens with zero attached hydrogens (tertiary/aromatic N) is 1. The molecule has 32 heavy (non-hydrogen) atoms. The van der Waals surface area contributed by atoms with E-state index in [1.807, 2.05) is 0 Å². The van der Waals surface area contributed by atoms with Gasteiger partial charge in [-0.15, -0.1) is 0 Å². The first kappa shape index (κ1) is 28.1. The third kappa shape index (κ3) is 12.8. The van der Waals surface area contributed by atoms with Crippen LogP contribution in [0.4, 0.5) is 0 Å². The van der Waals surface area contributed by atoms with Crippen molar-refractivity contribution in [3.05, 3.63) is 29.6 Å². The minimum absolute atomic E-state index is 0.149. The van der Waals surface area contributed by atoms with E-state index in [1.54, 1.807) is 18.2 Å². The Morgan fingerprint density at radius 2 is 1.19 bits per heavy atom. The van der Waals surface area contributed by atoms with Gasteiger partial charge in [-0.3, -0.25) is 0 Å². The molecule has 0 aliphatic rings. The van der Waals surface area contributed by atoms with E-state index in [-0.39, 0.29) is 11.4 Å². The molecule has 0 amide bonds. The fourth-order valence-electron chi connectivity index (χ4n) is 3.64. The molecule has 5 nitrogen and oxygen atoms in total. The number of hydrogen-bond acceptors (Lipinski definition) is 5. The topological polar surface area (TPSA) is 65.5 Å². The van der Waals surface area contributed by atoms with Crippen LogP contribution in [0.3, 0.4) is 0 Å². The summed E-state index contributed by atoms with van der Waals surface area (Å²) in [7, 11) is 0. The van der Waals surface area contributed by atoms with Gasteiger partial charge in [0, 0.05) is 0 Å². The van der Waals surface area contributed by atoms with Crippen LogP contribution < -0.4 is 0 Å². The Kier molecular flexibility index (Phi) is 16.4. The molecule has 0 saturated carbocycles. The second kappa shape index (κ2) is 18.6. The molecule has 0 unspecified atom stereocenters. The van der Waals surface area contributed by atoms with Crippen molar-refractivity contribution < 1.29 is 19.1 Å². The van der Waals surface area contributed by atoms with Gasteiger partial charge in [0.15, 0.2) is 0 Å². The first-order valence-corrected chi connectivity index (χ1v) is 12.9. The quantitative estimate of drug-likeness (QED) is 0.162. The van der Waals surface area contributed by atoms with Gasteiger partial charge >= 0.3 is 11.9 Å². The predicted octanol–water partition coefficient (Wildman–Crippen LogP) is 7.53. The maximum Gasteiger partial charge on any atom is 0.356 e. The molecule has 0 atom stereocenters. The van der Waals surface area contributed by atoms with Gasteiger partial charge in [-0.05, 0) is 24.5 Å². The Labute approximate surface area is 195 Å². The van der Waals surface area contributed by atoms with Crippen LogP contribution in [0.2, 0.25) is 0 Å². The van der Waals surface area contributed by atoms with Crippen LogP contribution >= 0.6 is 0 Å². The predicted molar refractivity (Wildman–Crippen MR) is 130 cm³/mol. The average molecular weight is 448 g/mol. The average Bonchev–Trinajstić information content (AvgIpc) is 2.82. The smallest absolute Gasteiger partial charge is 0.356 e. The molecule has 0 N–H and O–H groups in total. The van der Waals surface area contributed by atoms with E-state index in [1.165, 1.54) is 64.2 Å². The molecule has 0 radical (unpaired) electrons. The van der Waals surface area contributed by atoms with E-state index >= 15 is 0 Å². The molecule has 0 bridgehead atoms. The molecule has 1 aromatic heterocycles. The van der Waals surface area contributed by atoms with E-state index in [0.29, 0.717) is 19.1 Å². The number of rotatable bonds is 19. The largest absolute Gasteiger partial charge is 0.461 e. The van der Waals surface area contributed by atoms with Crippen LogP contribution in [0.25, 0.3) is 0 Å². The van der Waals surface area contributed by atoms with Gasteiger partial charge < -0.3 is 9.47 Å². The highest BCUT2D eigenvalue weighted by molar-refractivity contribution is 5.91. The molecule has 0 aliphatic heterocycles. The van der Waals surface area contributed by atoms with Crippen molar-refractivity contribution in [3.63, 3.8) is 0 Å². The normalized spacial score (nSPS) is 11.0. The third-order valence-electron chi connectivity index (χ3n) is 6.00. The molecule has 1 rings (SSSR count). The summed E-state index contributed by atoms with van der Waals surface area (Å²) in [5, 5.41) is 0. The lowest BCUT2D eigenvalue weighted by Crippen LogP contribution is -2.16. The summed E-state index contributed by atoms with van der Waals surface area (Å²) in [6.45, 7) is 7.17. The van der Waals surface area contributed by atoms with E-state index in [0.717, 1.165) is 25.7 Å². The van der Waals surface area contributed by atoms with Crippen LogP contribution in [0.1, 0.15) is 132 Å².